The highest BCUT2D eigenvalue weighted by molar-refractivity contribution is 5.87. The van der Waals surface area contributed by atoms with Gasteiger partial charge in [-0.1, -0.05) is 13.0 Å². The van der Waals surface area contributed by atoms with Gasteiger partial charge >= 0.3 is 0 Å². The normalized spacial score (nSPS) is 15.0. The molecule has 0 unspecified atom stereocenters. The SMILES string of the molecule is CCc1cc(-c2c[nH]c(=O)c(NC3CCN(C(=O)/C=C/CNC)CC3)c2)ccn1. The molecule has 1 aliphatic heterocycles. The monoisotopic (exact) mass is 395 g/mol. The highest BCUT2D eigenvalue weighted by atomic mass is 16.2. The van der Waals surface area contributed by atoms with Gasteiger partial charge in [-0.25, -0.2) is 0 Å². The number of carbonyl (C=O) groups is 1. The number of aryl methyl sites for hydroxylation is 1. The van der Waals surface area contributed by atoms with Gasteiger partial charge in [-0.15, -0.1) is 0 Å². The Labute approximate surface area is 171 Å². The first-order valence-electron chi connectivity index (χ1n) is 10.1. The van der Waals surface area contributed by atoms with Crippen molar-refractivity contribution in [3.63, 3.8) is 0 Å². The number of hydrogen-bond acceptors (Lipinski definition) is 5. The van der Waals surface area contributed by atoms with Crippen molar-refractivity contribution in [3.05, 3.63) is 58.8 Å². The number of rotatable bonds is 7. The predicted octanol–water partition coefficient (Wildman–Crippen LogP) is 2.18. The predicted molar refractivity (Wildman–Crippen MR) is 116 cm³/mol. The summed E-state index contributed by atoms with van der Waals surface area (Å²) in [6, 6.07) is 6.05. The van der Waals surface area contributed by atoms with Crippen molar-refractivity contribution in [2.24, 2.45) is 0 Å². The van der Waals surface area contributed by atoms with Gasteiger partial charge in [0.25, 0.3) is 5.56 Å². The number of likely N-dealkylation sites (tertiary alicyclic amines) is 1. The van der Waals surface area contributed by atoms with E-state index in [9.17, 15) is 9.59 Å². The van der Waals surface area contributed by atoms with E-state index >= 15 is 0 Å². The van der Waals surface area contributed by atoms with Crippen LogP contribution >= 0.6 is 0 Å². The third-order valence-corrected chi connectivity index (χ3v) is 5.16. The van der Waals surface area contributed by atoms with E-state index < -0.39 is 0 Å². The highest BCUT2D eigenvalue weighted by Crippen LogP contribution is 2.22. The summed E-state index contributed by atoms with van der Waals surface area (Å²) in [7, 11) is 1.85. The summed E-state index contributed by atoms with van der Waals surface area (Å²) in [6.45, 7) is 4.12. The molecule has 7 nitrogen and oxygen atoms in total. The second kappa shape index (κ2) is 10.0. The van der Waals surface area contributed by atoms with E-state index in [0.29, 0.717) is 25.3 Å². The second-order valence-corrected chi connectivity index (χ2v) is 7.22. The molecule has 1 saturated heterocycles. The molecule has 0 aromatic carbocycles. The number of likely N-dealkylation sites (N-methyl/N-ethyl adjacent to an activating group) is 1. The Hall–Kier alpha value is -2.93. The molecule has 0 spiro atoms. The number of aromatic amines is 1. The number of pyridine rings is 2. The number of nitrogens with one attached hydrogen (secondary N) is 3. The Morgan fingerprint density at radius 3 is 2.83 bits per heavy atom. The zero-order valence-electron chi connectivity index (χ0n) is 17.1. The summed E-state index contributed by atoms with van der Waals surface area (Å²) in [6.07, 6.45) is 9.47. The Balaban J connectivity index is 1.64. The van der Waals surface area contributed by atoms with Crippen LogP contribution in [0.5, 0.6) is 0 Å². The lowest BCUT2D eigenvalue weighted by atomic mass is 10.0. The summed E-state index contributed by atoms with van der Waals surface area (Å²) in [5.41, 5.74) is 3.43. The van der Waals surface area contributed by atoms with E-state index in [-0.39, 0.29) is 17.5 Å². The number of piperidine rings is 1. The number of aromatic nitrogens is 2. The van der Waals surface area contributed by atoms with Gasteiger partial charge in [-0.3, -0.25) is 14.6 Å². The van der Waals surface area contributed by atoms with Gasteiger partial charge in [0.15, 0.2) is 0 Å². The average Bonchev–Trinajstić information content (AvgIpc) is 2.76. The topological polar surface area (TPSA) is 90.1 Å². The molecular weight excluding hydrogens is 366 g/mol. The molecule has 154 valence electrons. The maximum absolute atomic E-state index is 12.3. The van der Waals surface area contributed by atoms with Crippen LogP contribution in [0.1, 0.15) is 25.5 Å². The van der Waals surface area contributed by atoms with Gasteiger partial charge in [-0.2, -0.15) is 0 Å². The van der Waals surface area contributed by atoms with Crippen LogP contribution in [0.4, 0.5) is 5.69 Å². The van der Waals surface area contributed by atoms with Crippen LogP contribution in [0.2, 0.25) is 0 Å². The van der Waals surface area contributed by atoms with Crippen LogP contribution < -0.4 is 16.2 Å². The molecule has 7 heteroatoms. The third kappa shape index (κ3) is 5.54. The first kappa shape index (κ1) is 20.8. The van der Waals surface area contributed by atoms with Crippen molar-refractivity contribution in [2.45, 2.75) is 32.2 Å². The number of hydrogen-bond donors (Lipinski definition) is 3. The molecular formula is C22H29N5O2. The van der Waals surface area contributed by atoms with Crippen LogP contribution in [0.3, 0.4) is 0 Å². The molecule has 0 atom stereocenters. The average molecular weight is 396 g/mol. The lowest BCUT2D eigenvalue weighted by Crippen LogP contribution is -2.42. The minimum atomic E-state index is -0.132. The van der Waals surface area contributed by atoms with Crippen molar-refractivity contribution in [1.82, 2.24) is 20.2 Å². The van der Waals surface area contributed by atoms with Crippen LogP contribution in [-0.4, -0.2) is 53.5 Å². The molecule has 0 radical (unpaired) electrons. The van der Waals surface area contributed by atoms with E-state index in [2.05, 4.69) is 27.5 Å². The zero-order chi connectivity index (χ0) is 20.6. The van der Waals surface area contributed by atoms with Crippen molar-refractivity contribution in [2.75, 3.05) is 32.0 Å². The van der Waals surface area contributed by atoms with E-state index in [1.807, 2.05) is 36.2 Å². The van der Waals surface area contributed by atoms with E-state index in [0.717, 1.165) is 36.1 Å². The van der Waals surface area contributed by atoms with E-state index in [1.165, 1.54) is 0 Å². The van der Waals surface area contributed by atoms with Gasteiger partial charge in [-0.05, 0) is 50.1 Å². The fourth-order valence-electron chi connectivity index (χ4n) is 3.46. The largest absolute Gasteiger partial charge is 0.378 e. The Morgan fingerprint density at radius 2 is 2.10 bits per heavy atom. The Kier molecular flexibility index (Phi) is 7.19. The van der Waals surface area contributed by atoms with Crippen LogP contribution in [0.15, 0.2) is 47.5 Å². The number of amides is 1. The summed E-state index contributed by atoms with van der Waals surface area (Å²) in [5, 5.41) is 6.36. The first-order valence-corrected chi connectivity index (χ1v) is 10.1. The van der Waals surface area contributed by atoms with Gasteiger partial charge in [0.05, 0.1) is 0 Å². The molecule has 0 saturated carbocycles. The molecule has 29 heavy (non-hydrogen) atoms. The van der Waals surface area contributed by atoms with E-state index in [1.54, 1.807) is 18.5 Å². The van der Waals surface area contributed by atoms with Crippen molar-refractivity contribution in [3.8, 4) is 11.1 Å². The number of anilines is 1. The smallest absolute Gasteiger partial charge is 0.271 e. The second-order valence-electron chi connectivity index (χ2n) is 7.22. The molecule has 3 heterocycles. The number of nitrogens with zero attached hydrogens (tertiary/aromatic N) is 2. The van der Waals surface area contributed by atoms with Crippen LogP contribution in [-0.2, 0) is 11.2 Å². The first-order chi connectivity index (χ1) is 14.1. The summed E-state index contributed by atoms with van der Waals surface area (Å²) >= 11 is 0. The molecule has 0 bridgehead atoms. The third-order valence-electron chi connectivity index (χ3n) is 5.16. The number of carbonyl (C=O) groups excluding carboxylic acids is 1. The molecule has 1 fully saturated rings. The molecule has 1 aliphatic rings. The van der Waals surface area contributed by atoms with Crippen molar-refractivity contribution in [1.29, 1.82) is 0 Å². The molecule has 1 amide bonds. The van der Waals surface area contributed by atoms with Crippen molar-refractivity contribution >= 4 is 11.6 Å². The fourth-order valence-corrected chi connectivity index (χ4v) is 3.46. The molecule has 3 rings (SSSR count). The quantitative estimate of drug-likeness (QED) is 0.625. The lowest BCUT2D eigenvalue weighted by Gasteiger charge is -2.32. The van der Waals surface area contributed by atoms with Gasteiger partial charge < -0.3 is 20.5 Å². The molecule has 2 aromatic heterocycles. The lowest BCUT2D eigenvalue weighted by molar-refractivity contribution is -0.126. The maximum atomic E-state index is 12.3. The standard InChI is InChI=1S/C22H29N5O2/c1-3-18-13-16(6-10-24-18)17-14-20(22(29)25-15-17)26-19-7-11-27(12-8-19)21(28)5-4-9-23-2/h4-6,10,13-15,19,23,26H,3,7-9,11-12H2,1-2H3,(H,25,29)/b5-4+. The van der Waals surface area contributed by atoms with Crippen LogP contribution in [0.25, 0.3) is 11.1 Å². The fraction of sp³-hybridized carbons (Fsp3) is 0.409. The van der Waals surface area contributed by atoms with E-state index in [4.69, 9.17) is 0 Å². The number of H-pyrrole nitrogens is 1. The summed E-state index contributed by atoms with van der Waals surface area (Å²) in [4.78, 5) is 33.5. The summed E-state index contributed by atoms with van der Waals surface area (Å²) in [5.74, 6) is 0.0444. The minimum Gasteiger partial charge on any atom is -0.378 e. The summed E-state index contributed by atoms with van der Waals surface area (Å²) < 4.78 is 0. The Bertz CT molecular complexity index is 913. The molecule has 2 aromatic rings. The van der Waals surface area contributed by atoms with Gasteiger partial charge in [0, 0.05) is 55.4 Å². The Morgan fingerprint density at radius 1 is 1.31 bits per heavy atom. The highest BCUT2D eigenvalue weighted by Gasteiger charge is 2.22. The van der Waals surface area contributed by atoms with Crippen LogP contribution in [0, 0.1) is 0 Å². The molecule has 3 N–H and O–H groups in total. The molecule has 0 aliphatic carbocycles. The maximum Gasteiger partial charge on any atom is 0.271 e. The van der Waals surface area contributed by atoms with Gasteiger partial charge in [0.2, 0.25) is 5.91 Å². The minimum absolute atomic E-state index is 0.0444. The van der Waals surface area contributed by atoms with Crippen molar-refractivity contribution < 1.29 is 4.79 Å². The zero-order valence-corrected chi connectivity index (χ0v) is 17.1. The van der Waals surface area contributed by atoms with Gasteiger partial charge in [0.1, 0.15) is 5.69 Å².